The molecule has 6 heteroatoms. The highest BCUT2D eigenvalue weighted by molar-refractivity contribution is 5.94. The van der Waals surface area contributed by atoms with Gasteiger partial charge in [0.2, 0.25) is 11.8 Å². The number of piperidine rings is 1. The summed E-state index contributed by atoms with van der Waals surface area (Å²) in [6.07, 6.45) is 2.12. The first kappa shape index (κ1) is 19.9. The molecule has 2 amide bonds. The average Bonchev–Trinajstić information content (AvgIpc) is 2.72. The van der Waals surface area contributed by atoms with Gasteiger partial charge < -0.3 is 15.3 Å². The maximum atomic E-state index is 12.5. The van der Waals surface area contributed by atoms with Crippen molar-refractivity contribution in [3.8, 4) is 5.75 Å². The highest BCUT2D eigenvalue weighted by Crippen LogP contribution is 2.25. The van der Waals surface area contributed by atoms with Crippen molar-refractivity contribution < 1.29 is 14.7 Å². The monoisotopic (exact) mass is 381 g/mol. The van der Waals surface area contributed by atoms with E-state index in [2.05, 4.69) is 10.2 Å². The SMILES string of the molecule is CCC(=O)N(c1ccccc1)C1CCN(CC(=O)Nc2ccccc2O)CC1. The second kappa shape index (κ2) is 9.37. The Morgan fingerprint density at radius 2 is 1.71 bits per heavy atom. The van der Waals surface area contributed by atoms with Crippen molar-refractivity contribution in [2.75, 3.05) is 29.9 Å². The molecule has 6 nitrogen and oxygen atoms in total. The largest absolute Gasteiger partial charge is 0.506 e. The zero-order valence-corrected chi connectivity index (χ0v) is 16.2. The van der Waals surface area contributed by atoms with Crippen LogP contribution in [0.3, 0.4) is 0 Å². The molecule has 0 saturated carbocycles. The minimum atomic E-state index is -0.149. The summed E-state index contributed by atoms with van der Waals surface area (Å²) in [6, 6.07) is 16.6. The number of anilines is 2. The van der Waals surface area contributed by atoms with Gasteiger partial charge in [-0.25, -0.2) is 0 Å². The molecule has 0 spiro atoms. The molecule has 2 aromatic carbocycles. The fourth-order valence-electron chi connectivity index (χ4n) is 3.63. The number of hydrogen-bond acceptors (Lipinski definition) is 4. The van der Waals surface area contributed by atoms with Gasteiger partial charge >= 0.3 is 0 Å². The van der Waals surface area contributed by atoms with Crippen molar-refractivity contribution in [1.29, 1.82) is 0 Å². The van der Waals surface area contributed by atoms with Crippen LogP contribution in [0.2, 0.25) is 0 Å². The molecule has 0 unspecified atom stereocenters. The molecule has 148 valence electrons. The Balaban J connectivity index is 1.56. The van der Waals surface area contributed by atoms with Gasteiger partial charge in [-0.15, -0.1) is 0 Å². The normalized spacial score (nSPS) is 15.2. The lowest BCUT2D eigenvalue weighted by Gasteiger charge is -2.38. The number of likely N-dealkylation sites (tertiary alicyclic amines) is 1. The van der Waals surface area contributed by atoms with Gasteiger partial charge in [-0.1, -0.05) is 37.3 Å². The number of benzene rings is 2. The number of carbonyl (C=O) groups is 2. The zero-order chi connectivity index (χ0) is 19.9. The van der Waals surface area contributed by atoms with Crippen LogP contribution in [0, 0.1) is 0 Å². The zero-order valence-electron chi connectivity index (χ0n) is 16.2. The minimum absolute atomic E-state index is 0.0612. The molecule has 1 heterocycles. The van der Waals surface area contributed by atoms with Crippen LogP contribution in [0.5, 0.6) is 5.75 Å². The first-order valence-corrected chi connectivity index (χ1v) is 9.75. The van der Waals surface area contributed by atoms with E-state index >= 15 is 0 Å². The van der Waals surface area contributed by atoms with Crippen LogP contribution in [0.15, 0.2) is 54.6 Å². The van der Waals surface area contributed by atoms with E-state index in [-0.39, 0.29) is 30.2 Å². The number of rotatable bonds is 6. The molecule has 1 saturated heterocycles. The van der Waals surface area contributed by atoms with Crippen molar-refractivity contribution in [2.45, 2.75) is 32.2 Å². The molecule has 1 aliphatic heterocycles. The number of amides is 2. The summed E-state index contributed by atoms with van der Waals surface area (Å²) in [6.45, 7) is 3.66. The van der Waals surface area contributed by atoms with Gasteiger partial charge in [0.05, 0.1) is 12.2 Å². The number of phenolic OH excluding ortho intramolecular Hbond substituents is 1. The fourth-order valence-corrected chi connectivity index (χ4v) is 3.63. The van der Waals surface area contributed by atoms with Crippen LogP contribution in [-0.4, -0.2) is 47.5 Å². The molecule has 0 bridgehead atoms. The lowest BCUT2D eigenvalue weighted by atomic mass is 10.0. The van der Waals surface area contributed by atoms with Crippen molar-refractivity contribution in [3.63, 3.8) is 0 Å². The van der Waals surface area contributed by atoms with Crippen LogP contribution >= 0.6 is 0 Å². The van der Waals surface area contributed by atoms with Crippen LogP contribution < -0.4 is 10.2 Å². The maximum Gasteiger partial charge on any atom is 0.238 e. The second-order valence-corrected chi connectivity index (χ2v) is 7.03. The van der Waals surface area contributed by atoms with Gasteiger partial charge in [0.25, 0.3) is 0 Å². The number of carbonyl (C=O) groups excluding carboxylic acids is 2. The third-order valence-electron chi connectivity index (χ3n) is 5.07. The van der Waals surface area contributed by atoms with E-state index in [4.69, 9.17) is 0 Å². The van der Waals surface area contributed by atoms with E-state index in [0.29, 0.717) is 12.1 Å². The highest BCUT2D eigenvalue weighted by Gasteiger charge is 2.29. The summed E-state index contributed by atoms with van der Waals surface area (Å²) in [4.78, 5) is 28.8. The van der Waals surface area contributed by atoms with E-state index in [1.165, 1.54) is 0 Å². The Bertz CT molecular complexity index is 802. The predicted molar refractivity (Wildman–Crippen MR) is 110 cm³/mol. The Hall–Kier alpha value is -2.86. The molecule has 3 rings (SSSR count). The van der Waals surface area contributed by atoms with Crippen molar-refractivity contribution in [1.82, 2.24) is 4.90 Å². The van der Waals surface area contributed by atoms with Crippen LogP contribution in [-0.2, 0) is 9.59 Å². The first-order chi connectivity index (χ1) is 13.6. The summed E-state index contributed by atoms with van der Waals surface area (Å²) in [5.74, 6) is 0.0394. The van der Waals surface area contributed by atoms with Crippen LogP contribution in [0.25, 0.3) is 0 Å². The molecular formula is C22H27N3O3. The number of nitrogens with zero attached hydrogens (tertiary/aromatic N) is 2. The van der Waals surface area contributed by atoms with E-state index in [0.717, 1.165) is 31.6 Å². The molecule has 28 heavy (non-hydrogen) atoms. The van der Waals surface area contributed by atoms with Crippen molar-refractivity contribution in [2.24, 2.45) is 0 Å². The number of para-hydroxylation sites is 3. The van der Waals surface area contributed by atoms with Gasteiger partial charge in [-0.05, 0) is 37.1 Å². The molecule has 0 atom stereocenters. The average molecular weight is 381 g/mol. The Labute approximate surface area is 165 Å². The van der Waals surface area contributed by atoms with Crippen molar-refractivity contribution in [3.05, 3.63) is 54.6 Å². The maximum absolute atomic E-state index is 12.5. The predicted octanol–water partition coefficient (Wildman–Crippen LogP) is 3.24. The summed E-state index contributed by atoms with van der Waals surface area (Å²) in [7, 11) is 0. The Morgan fingerprint density at radius 3 is 2.36 bits per heavy atom. The summed E-state index contributed by atoms with van der Waals surface area (Å²) in [5.41, 5.74) is 1.36. The molecular weight excluding hydrogens is 354 g/mol. The third kappa shape index (κ3) is 4.89. The fraction of sp³-hybridized carbons (Fsp3) is 0.364. The van der Waals surface area contributed by atoms with Gasteiger partial charge in [-0.3, -0.25) is 14.5 Å². The Morgan fingerprint density at radius 1 is 1.07 bits per heavy atom. The molecule has 2 aromatic rings. The summed E-state index contributed by atoms with van der Waals surface area (Å²) >= 11 is 0. The molecule has 0 aromatic heterocycles. The van der Waals surface area contributed by atoms with Gasteiger partial charge in [-0.2, -0.15) is 0 Å². The lowest BCUT2D eigenvalue weighted by molar-refractivity contribution is -0.120. The second-order valence-electron chi connectivity index (χ2n) is 7.03. The lowest BCUT2D eigenvalue weighted by Crippen LogP contribution is -2.48. The smallest absolute Gasteiger partial charge is 0.238 e. The van der Waals surface area contributed by atoms with Crippen LogP contribution in [0.4, 0.5) is 11.4 Å². The highest BCUT2D eigenvalue weighted by atomic mass is 16.3. The molecule has 1 fully saturated rings. The molecule has 0 aliphatic carbocycles. The number of aromatic hydroxyl groups is 1. The number of hydrogen-bond donors (Lipinski definition) is 2. The van der Waals surface area contributed by atoms with Gasteiger partial charge in [0.15, 0.2) is 0 Å². The topological polar surface area (TPSA) is 72.9 Å². The Kier molecular flexibility index (Phi) is 6.66. The molecule has 2 N–H and O–H groups in total. The number of nitrogens with one attached hydrogen (secondary N) is 1. The summed E-state index contributed by atoms with van der Waals surface area (Å²) < 4.78 is 0. The van der Waals surface area contributed by atoms with Crippen molar-refractivity contribution >= 4 is 23.2 Å². The van der Waals surface area contributed by atoms with E-state index in [9.17, 15) is 14.7 Å². The third-order valence-corrected chi connectivity index (χ3v) is 5.07. The number of phenols is 1. The van der Waals surface area contributed by atoms with E-state index in [1.807, 2.05) is 42.2 Å². The standard InChI is InChI=1S/C22H27N3O3/c1-2-22(28)25(17-8-4-3-5-9-17)18-12-14-24(15-13-18)16-21(27)23-19-10-6-7-11-20(19)26/h3-11,18,26H,2,12-16H2,1H3,(H,23,27). The van der Waals surface area contributed by atoms with Gasteiger partial charge in [0, 0.05) is 31.2 Å². The van der Waals surface area contributed by atoms with E-state index < -0.39 is 0 Å². The molecule has 1 aliphatic rings. The van der Waals surface area contributed by atoms with Crippen LogP contribution in [0.1, 0.15) is 26.2 Å². The van der Waals surface area contributed by atoms with E-state index in [1.54, 1.807) is 24.3 Å². The molecule has 0 radical (unpaired) electrons. The first-order valence-electron chi connectivity index (χ1n) is 9.75. The minimum Gasteiger partial charge on any atom is -0.506 e. The quantitative estimate of drug-likeness (QED) is 0.754. The van der Waals surface area contributed by atoms with Gasteiger partial charge in [0.1, 0.15) is 5.75 Å². The summed E-state index contributed by atoms with van der Waals surface area (Å²) in [5, 5.41) is 12.5.